The van der Waals surface area contributed by atoms with Crippen molar-refractivity contribution in [1.29, 1.82) is 0 Å². The first-order chi connectivity index (χ1) is 19.6. The van der Waals surface area contributed by atoms with Gasteiger partial charge in [0, 0.05) is 42.3 Å². The molecule has 2 aliphatic rings. The number of fused-ring (bicyclic) bond motifs is 1. The second-order valence-electron chi connectivity index (χ2n) is 10.1. The van der Waals surface area contributed by atoms with Crippen LogP contribution in [0.4, 0.5) is 11.4 Å². The number of hydrogen-bond acceptors (Lipinski definition) is 4. The van der Waals surface area contributed by atoms with E-state index in [-0.39, 0.29) is 11.8 Å². The van der Waals surface area contributed by atoms with Gasteiger partial charge in [0.2, 0.25) is 0 Å². The minimum atomic E-state index is -0.0107. The lowest BCUT2D eigenvalue weighted by Crippen LogP contribution is -2.48. The Kier molecular flexibility index (Phi) is 7.43. The highest BCUT2D eigenvalue weighted by Crippen LogP contribution is 2.42. The molecule has 0 atom stereocenters. The first kappa shape index (κ1) is 26.0. The van der Waals surface area contributed by atoms with Gasteiger partial charge in [0.25, 0.3) is 11.8 Å². The Bertz CT molecular complexity index is 1560. The van der Waals surface area contributed by atoms with Crippen molar-refractivity contribution in [3.63, 3.8) is 0 Å². The smallest absolute Gasteiger partial charge is 0.265 e. The Balaban J connectivity index is 1.17. The molecule has 0 N–H and O–H groups in total. The fourth-order valence-corrected chi connectivity index (χ4v) is 6.30. The average Bonchev–Trinajstić information content (AvgIpc) is 3.01. The predicted molar refractivity (Wildman–Crippen MR) is 164 cm³/mol. The van der Waals surface area contributed by atoms with Crippen LogP contribution in [0.3, 0.4) is 0 Å². The van der Waals surface area contributed by atoms with Gasteiger partial charge in [-0.3, -0.25) is 9.59 Å². The third-order valence-corrected chi connectivity index (χ3v) is 8.64. The van der Waals surface area contributed by atoms with E-state index in [4.69, 9.17) is 0 Å². The number of anilines is 2. The van der Waals surface area contributed by atoms with Gasteiger partial charge in [-0.25, -0.2) is 0 Å². The van der Waals surface area contributed by atoms with Crippen molar-refractivity contribution in [2.45, 2.75) is 18.4 Å². The first-order valence-electron chi connectivity index (χ1n) is 13.6. The van der Waals surface area contributed by atoms with E-state index in [1.807, 2.05) is 88.7 Å². The van der Waals surface area contributed by atoms with Gasteiger partial charge in [-0.1, -0.05) is 78.5 Å². The maximum Gasteiger partial charge on any atom is 0.265 e. The van der Waals surface area contributed by atoms with Gasteiger partial charge in [-0.2, -0.15) is 0 Å². The number of nitrogens with zero attached hydrogens (tertiary/aromatic N) is 3. The van der Waals surface area contributed by atoms with Crippen molar-refractivity contribution >= 4 is 41.0 Å². The van der Waals surface area contributed by atoms with Crippen molar-refractivity contribution in [3.8, 4) is 0 Å². The van der Waals surface area contributed by atoms with E-state index in [0.717, 1.165) is 34.8 Å². The maximum absolute atomic E-state index is 13.7. The summed E-state index contributed by atoms with van der Waals surface area (Å²) >= 11 is 1.50. The molecule has 5 nitrogen and oxygen atoms in total. The fraction of sp³-hybridized carbons (Fsp3) is 0.176. The van der Waals surface area contributed by atoms with Crippen LogP contribution in [0.15, 0.2) is 113 Å². The Morgan fingerprint density at radius 1 is 0.800 bits per heavy atom. The summed E-state index contributed by atoms with van der Waals surface area (Å²) in [4.78, 5) is 34.7. The Morgan fingerprint density at radius 2 is 1.48 bits per heavy atom. The van der Waals surface area contributed by atoms with E-state index in [9.17, 15) is 9.59 Å². The van der Waals surface area contributed by atoms with Gasteiger partial charge in [0.1, 0.15) is 0 Å². The molecule has 2 heterocycles. The molecule has 40 heavy (non-hydrogen) atoms. The van der Waals surface area contributed by atoms with E-state index in [1.54, 1.807) is 0 Å². The summed E-state index contributed by atoms with van der Waals surface area (Å²) in [5.74, 6) is 0.0387. The zero-order chi connectivity index (χ0) is 27.5. The van der Waals surface area contributed by atoms with Crippen LogP contribution in [0.2, 0.25) is 0 Å². The summed E-state index contributed by atoms with van der Waals surface area (Å²) in [5, 5.41) is 0. The number of carbonyl (C=O) groups excluding carboxylic acids is 2. The molecule has 0 radical (unpaired) electrons. The molecule has 1 saturated heterocycles. The summed E-state index contributed by atoms with van der Waals surface area (Å²) in [6.07, 6.45) is 1.93. The molecule has 4 aromatic rings. The highest BCUT2D eigenvalue weighted by Gasteiger charge is 2.29. The van der Waals surface area contributed by atoms with Crippen molar-refractivity contribution < 1.29 is 9.59 Å². The minimum absolute atomic E-state index is 0.0107. The van der Waals surface area contributed by atoms with Gasteiger partial charge < -0.3 is 14.7 Å². The lowest BCUT2D eigenvalue weighted by Gasteiger charge is -2.36. The molecule has 0 aliphatic carbocycles. The summed E-state index contributed by atoms with van der Waals surface area (Å²) in [6, 6.07) is 34.2. The van der Waals surface area contributed by atoms with Crippen molar-refractivity contribution in [2.75, 3.05) is 36.0 Å². The molecule has 0 spiro atoms. The van der Waals surface area contributed by atoms with Gasteiger partial charge in [0.05, 0.1) is 17.1 Å². The molecule has 4 aromatic carbocycles. The summed E-state index contributed by atoms with van der Waals surface area (Å²) < 4.78 is 0. The van der Waals surface area contributed by atoms with Crippen LogP contribution >= 0.6 is 11.8 Å². The zero-order valence-corrected chi connectivity index (χ0v) is 23.3. The molecule has 0 unspecified atom stereocenters. The highest BCUT2D eigenvalue weighted by atomic mass is 32.2. The lowest BCUT2D eigenvalue weighted by molar-refractivity contribution is -0.114. The number of benzene rings is 4. The zero-order valence-electron chi connectivity index (χ0n) is 22.5. The molecule has 2 amide bonds. The summed E-state index contributed by atoms with van der Waals surface area (Å²) in [6.45, 7) is 5.62. The number of piperazine rings is 1. The number of aryl methyl sites for hydroxylation is 1. The minimum Gasteiger partial charge on any atom is -0.368 e. The second-order valence-corrected chi connectivity index (χ2v) is 11.2. The number of rotatable bonds is 5. The van der Waals surface area contributed by atoms with Crippen LogP contribution in [-0.4, -0.2) is 42.9 Å². The molecular weight excluding hydrogens is 514 g/mol. The highest BCUT2D eigenvalue weighted by molar-refractivity contribution is 8.04. The van der Waals surface area contributed by atoms with Crippen LogP contribution in [-0.2, 0) is 11.3 Å². The van der Waals surface area contributed by atoms with Gasteiger partial charge in [0.15, 0.2) is 0 Å². The molecule has 200 valence electrons. The average molecular weight is 546 g/mol. The monoisotopic (exact) mass is 545 g/mol. The molecule has 6 heteroatoms. The first-order valence-corrected chi connectivity index (χ1v) is 14.4. The van der Waals surface area contributed by atoms with Gasteiger partial charge >= 0.3 is 0 Å². The van der Waals surface area contributed by atoms with Gasteiger partial charge in [-0.15, -0.1) is 0 Å². The van der Waals surface area contributed by atoms with Crippen LogP contribution in [0.25, 0.3) is 6.08 Å². The fourth-order valence-electron chi connectivity index (χ4n) is 5.24. The van der Waals surface area contributed by atoms with Crippen molar-refractivity contribution in [3.05, 3.63) is 130 Å². The van der Waals surface area contributed by atoms with Crippen LogP contribution in [0.5, 0.6) is 0 Å². The quantitative estimate of drug-likeness (QED) is 0.264. The van der Waals surface area contributed by atoms with E-state index < -0.39 is 0 Å². The summed E-state index contributed by atoms with van der Waals surface area (Å²) in [7, 11) is 0. The number of thioether (sulfide) groups is 1. The number of hydrogen-bond donors (Lipinski definition) is 0. The topological polar surface area (TPSA) is 43.9 Å². The van der Waals surface area contributed by atoms with E-state index >= 15 is 0 Å². The third kappa shape index (κ3) is 5.40. The Morgan fingerprint density at radius 3 is 2.23 bits per heavy atom. The van der Waals surface area contributed by atoms with Crippen molar-refractivity contribution in [1.82, 2.24) is 4.90 Å². The molecular formula is C34H31N3O2S. The third-order valence-electron chi connectivity index (χ3n) is 7.57. The predicted octanol–water partition coefficient (Wildman–Crippen LogP) is 6.64. The molecule has 0 saturated carbocycles. The SMILES string of the molecule is Cc1ccccc1CN1C(=O)/C(=C\c2ccc(C(=O)N3CCN(c4ccccc4)CC3)cc2)Sc2ccccc21. The van der Waals surface area contributed by atoms with E-state index in [0.29, 0.717) is 30.1 Å². The molecule has 6 rings (SSSR count). The molecule has 0 aromatic heterocycles. The van der Waals surface area contributed by atoms with E-state index in [1.165, 1.54) is 23.0 Å². The van der Waals surface area contributed by atoms with Crippen LogP contribution in [0, 0.1) is 6.92 Å². The molecule has 1 fully saturated rings. The second kappa shape index (κ2) is 11.4. The summed E-state index contributed by atoms with van der Waals surface area (Å²) in [5.41, 5.74) is 6.00. The Labute approximate surface area is 239 Å². The number of amides is 2. The van der Waals surface area contributed by atoms with E-state index in [2.05, 4.69) is 42.2 Å². The molecule has 0 bridgehead atoms. The normalized spacial score (nSPS) is 16.3. The van der Waals surface area contributed by atoms with Crippen LogP contribution < -0.4 is 9.80 Å². The standard InChI is InChI=1S/C34H31N3O2S/c1-25-9-5-6-10-28(25)24-37-30-13-7-8-14-31(30)40-32(34(37)39)23-26-15-17-27(18-16-26)33(38)36-21-19-35(20-22-36)29-11-3-2-4-12-29/h2-18,23H,19-22,24H2,1H3/b32-23+. The lowest BCUT2D eigenvalue weighted by atomic mass is 10.1. The van der Waals surface area contributed by atoms with Crippen molar-refractivity contribution in [2.24, 2.45) is 0 Å². The van der Waals surface area contributed by atoms with Gasteiger partial charge in [-0.05, 0) is 66.1 Å². The largest absolute Gasteiger partial charge is 0.368 e. The van der Waals surface area contributed by atoms with Crippen LogP contribution in [0.1, 0.15) is 27.0 Å². The number of carbonyl (C=O) groups is 2. The molecule has 2 aliphatic heterocycles. The Hall–Kier alpha value is -4.29. The number of para-hydroxylation sites is 2. The maximum atomic E-state index is 13.7.